The lowest BCUT2D eigenvalue weighted by atomic mass is 9.92. The van der Waals surface area contributed by atoms with Crippen LogP contribution in [-0.4, -0.2) is 49.8 Å². The molecule has 3 heteroatoms. The van der Waals surface area contributed by atoms with Crippen molar-refractivity contribution in [3.8, 4) is 0 Å². The normalized spacial score (nSPS) is 12.4. The van der Waals surface area contributed by atoms with Gasteiger partial charge in [-0.25, -0.2) is 0 Å². The fraction of sp³-hybridized carbons (Fsp3) is 0.625. The van der Waals surface area contributed by atoms with Crippen LogP contribution in [0.2, 0.25) is 0 Å². The summed E-state index contributed by atoms with van der Waals surface area (Å²) in [5.74, 6) is 0. The lowest BCUT2D eigenvalue weighted by Gasteiger charge is -2.38. The molecule has 0 aliphatic heterocycles. The molecule has 19 heavy (non-hydrogen) atoms. The number of hydrogen-bond donors (Lipinski definition) is 0. The molecule has 0 aromatic heterocycles. The molecule has 0 bridgehead atoms. The number of rotatable bonds is 7. The van der Waals surface area contributed by atoms with Crippen LogP contribution in [0.25, 0.3) is 0 Å². The van der Waals surface area contributed by atoms with E-state index in [1.807, 2.05) is 11.8 Å². The van der Waals surface area contributed by atoms with Gasteiger partial charge in [-0.2, -0.15) is 0 Å². The van der Waals surface area contributed by atoms with Crippen LogP contribution in [-0.2, 0) is 5.54 Å². The van der Waals surface area contributed by atoms with Crippen molar-refractivity contribution in [3.05, 3.63) is 29.8 Å². The maximum atomic E-state index is 2.45. The van der Waals surface area contributed by atoms with E-state index >= 15 is 0 Å². The Morgan fingerprint density at radius 2 is 1.74 bits per heavy atom. The maximum Gasteiger partial charge on any atom is 0.0413 e. The molecule has 0 saturated carbocycles. The Hall–Kier alpha value is -0.510. The highest BCUT2D eigenvalue weighted by Gasteiger charge is 2.27. The summed E-state index contributed by atoms with van der Waals surface area (Å²) in [5, 5.41) is 0. The summed E-state index contributed by atoms with van der Waals surface area (Å²) < 4.78 is 0. The van der Waals surface area contributed by atoms with Crippen LogP contribution < -0.4 is 0 Å². The maximum absolute atomic E-state index is 2.45. The van der Waals surface area contributed by atoms with Crippen LogP contribution in [0.3, 0.4) is 0 Å². The van der Waals surface area contributed by atoms with Gasteiger partial charge < -0.3 is 4.90 Å². The summed E-state index contributed by atoms with van der Waals surface area (Å²) in [6.07, 6.45) is 2.15. The van der Waals surface area contributed by atoms with Crippen LogP contribution in [0.15, 0.2) is 29.2 Å². The molecule has 108 valence electrons. The molecular formula is C16H28N2S. The molecule has 1 aromatic rings. The van der Waals surface area contributed by atoms with Crippen LogP contribution >= 0.6 is 11.8 Å². The van der Waals surface area contributed by atoms with Crippen LogP contribution in [0.5, 0.6) is 0 Å². The average molecular weight is 280 g/mol. The Morgan fingerprint density at radius 1 is 1.11 bits per heavy atom. The Balaban J connectivity index is 2.83. The van der Waals surface area contributed by atoms with E-state index in [-0.39, 0.29) is 5.54 Å². The van der Waals surface area contributed by atoms with Gasteiger partial charge in [-0.3, -0.25) is 4.90 Å². The summed E-state index contributed by atoms with van der Waals surface area (Å²) >= 11 is 1.83. The lowest BCUT2D eigenvalue weighted by molar-refractivity contribution is 0.137. The van der Waals surface area contributed by atoms with Gasteiger partial charge in [0, 0.05) is 23.5 Å². The van der Waals surface area contributed by atoms with Gasteiger partial charge >= 0.3 is 0 Å². The summed E-state index contributed by atoms with van der Waals surface area (Å²) in [5.41, 5.74) is 1.48. The topological polar surface area (TPSA) is 6.48 Å². The average Bonchev–Trinajstić information content (AvgIpc) is 2.43. The second-order valence-corrected chi connectivity index (χ2v) is 6.42. The summed E-state index contributed by atoms with van der Waals surface area (Å²) in [7, 11) is 4.40. The van der Waals surface area contributed by atoms with Gasteiger partial charge in [-0.15, -0.1) is 11.8 Å². The molecule has 0 heterocycles. The van der Waals surface area contributed by atoms with Crippen molar-refractivity contribution in [2.75, 3.05) is 40.0 Å². The van der Waals surface area contributed by atoms with E-state index in [1.165, 1.54) is 10.5 Å². The first-order chi connectivity index (χ1) is 8.93. The standard InChI is InChI=1S/C16H28N2S/c1-7-17(4)12-13-18(5)16(2,3)14-10-8-9-11-15(14)19-6/h8-11H,7,12-13H2,1-6H3. The fourth-order valence-corrected chi connectivity index (χ4v) is 2.87. The molecule has 0 amide bonds. The van der Waals surface area contributed by atoms with Gasteiger partial charge in [0.05, 0.1) is 0 Å². The van der Waals surface area contributed by atoms with E-state index in [2.05, 4.69) is 75.2 Å². The summed E-state index contributed by atoms with van der Waals surface area (Å²) in [6, 6.07) is 8.73. The second kappa shape index (κ2) is 7.32. The van der Waals surface area contributed by atoms with Crippen LogP contribution in [0, 0.1) is 0 Å². The highest BCUT2D eigenvalue weighted by Crippen LogP contribution is 2.33. The van der Waals surface area contributed by atoms with Crippen molar-refractivity contribution in [2.45, 2.75) is 31.2 Å². The minimum atomic E-state index is 0.0637. The third-order valence-corrected chi connectivity index (χ3v) is 4.87. The zero-order valence-corrected chi connectivity index (χ0v) is 14.0. The number of hydrogen-bond acceptors (Lipinski definition) is 3. The van der Waals surface area contributed by atoms with Crippen LogP contribution in [0.4, 0.5) is 0 Å². The van der Waals surface area contributed by atoms with Gasteiger partial charge in [0.25, 0.3) is 0 Å². The van der Waals surface area contributed by atoms with Crippen molar-refractivity contribution in [3.63, 3.8) is 0 Å². The Bertz CT molecular complexity index is 390. The van der Waals surface area contributed by atoms with Crippen molar-refractivity contribution in [2.24, 2.45) is 0 Å². The first-order valence-corrected chi connectivity index (χ1v) is 8.19. The molecule has 0 N–H and O–H groups in total. The molecule has 2 nitrogen and oxygen atoms in total. The van der Waals surface area contributed by atoms with Gasteiger partial charge in [-0.1, -0.05) is 25.1 Å². The van der Waals surface area contributed by atoms with E-state index in [4.69, 9.17) is 0 Å². The second-order valence-electron chi connectivity index (χ2n) is 5.58. The van der Waals surface area contributed by atoms with E-state index in [9.17, 15) is 0 Å². The molecule has 1 rings (SSSR count). The fourth-order valence-electron chi connectivity index (χ4n) is 2.11. The highest BCUT2D eigenvalue weighted by molar-refractivity contribution is 7.98. The predicted molar refractivity (Wildman–Crippen MR) is 87.1 cm³/mol. The molecular weight excluding hydrogens is 252 g/mol. The third-order valence-electron chi connectivity index (χ3n) is 4.08. The van der Waals surface area contributed by atoms with E-state index in [0.717, 1.165) is 19.6 Å². The molecule has 0 aliphatic carbocycles. The first-order valence-electron chi connectivity index (χ1n) is 6.96. The van der Waals surface area contributed by atoms with Gasteiger partial charge in [0.1, 0.15) is 0 Å². The SMILES string of the molecule is CCN(C)CCN(C)C(C)(C)c1ccccc1SC. The molecule has 0 saturated heterocycles. The Kier molecular flexibility index (Phi) is 6.37. The Morgan fingerprint density at radius 3 is 2.32 bits per heavy atom. The Labute approximate surface area is 123 Å². The number of likely N-dealkylation sites (N-methyl/N-ethyl adjacent to an activating group) is 2. The van der Waals surface area contributed by atoms with Gasteiger partial charge in [0.2, 0.25) is 0 Å². The number of nitrogens with zero attached hydrogens (tertiary/aromatic N) is 2. The summed E-state index contributed by atoms with van der Waals surface area (Å²) in [6.45, 7) is 10.1. The van der Waals surface area contributed by atoms with Gasteiger partial charge in [-0.05, 0) is 52.4 Å². The third kappa shape index (κ3) is 4.23. The van der Waals surface area contributed by atoms with E-state index in [1.54, 1.807) is 0 Å². The van der Waals surface area contributed by atoms with Crippen molar-refractivity contribution in [1.82, 2.24) is 9.80 Å². The zero-order chi connectivity index (χ0) is 14.5. The number of thioether (sulfide) groups is 1. The monoisotopic (exact) mass is 280 g/mol. The molecule has 0 fully saturated rings. The largest absolute Gasteiger partial charge is 0.305 e. The van der Waals surface area contributed by atoms with E-state index in [0.29, 0.717) is 0 Å². The highest BCUT2D eigenvalue weighted by atomic mass is 32.2. The number of benzene rings is 1. The minimum Gasteiger partial charge on any atom is -0.305 e. The molecule has 0 spiro atoms. The minimum absolute atomic E-state index is 0.0637. The molecule has 0 radical (unpaired) electrons. The predicted octanol–water partition coefficient (Wildman–Crippen LogP) is 3.53. The molecule has 1 aromatic carbocycles. The van der Waals surface area contributed by atoms with Crippen LogP contribution in [0.1, 0.15) is 26.3 Å². The smallest absolute Gasteiger partial charge is 0.0413 e. The quantitative estimate of drug-likeness (QED) is 0.706. The molecule has 0 aliphatic rings. The first kappa shape index (κ1) is 16.5. The molecule has 0 atom stereocenters. The van der Waals surface area contributed by atoms with Gasteiger partial charge in [0.15, 0.2) is 0 Å². The van der Waals surface area contributed by atoms with Crippen molar-refractivity contribution >= 4 is 11.8 Å². The van der Waals surface area contributed by atoms with Crippen molar-refractivity contribution < 1.29 is 0 Å². The van der Waals surface area contributed by atoms with E-state index < -0.39 is 0 Å². The zero-order valence-electron chi connectivity index (χ0n) is 13.2. The lowest BCUT2D eigenvalue weighted by Crippen LogP contribution is -2.42. The summed E-state index contributed by atoms with van der Waals surface area (Å²) in [4.78, 5) is 6.18. The van der Waals surface area contributed by atoms with Crippen molar-refractivity contribution in [1.29, 1.82) is 0 Å². The molecule has 0 unspecified atom stereocenters.